The first-order chi connectivity index (χ1) is 18.5. The van der Waals surface area contributed by atoms with Gasteiger partial charge in [0.15, 0.2) is 0 Å². The second kappa shape index (κ2) is 22.9. The van der Waals surface area contributed by atoms with Gasteiger partial charge in [-0.1, -0.05) is 83.3 Å². The van der Waals surface area contributed by atoms with Crippen molar-refractivity contribution in [2.75, 3.05) is 26.2 Å². The highest BCUT2D eigenvalue weighted by Gasteiger charge is 2.38. The molecule has 0 aromatic rings. The molecule has 0 fully saturated rings. The van der Waals surface area contributed by atoms with Gasteiger partial charge in [-0.2, -0.15) is 0 Å². The molecule has 0 bridgehead atoms. The summed E-state index contributed by atoms with van der Waals surface area (Å²) in [7, 11) is 0. The number of rotatable bonds is 27. The minimum Gasteiger partial charge on any atom is -0.481 e. The first-order valence-corrected chi connectivity index (χ1v) is 15.7. The van der Waals surface area contributed by atoms with Crippen LogP contribution in [0.15, 0.2) is 12.2 Å². The van der Waals surface area contributed by atoms with Crippen molar-refractivity contribution in [2.45, 2.75) is 130 Å². The van der Waals surface area contributed by atoms with Crippen LogP contribution in [-0.4, -0.2) is 63.9 Å². The number of hydrogen-bond acceptors (Lipinski definition) is 3. The molecular weight excluding hydrogens is 494 g/mol. The van der Waals surface area contributed by atoms with Crippen LogP contribution in [0.3, 0.4) is 0 Å². The molecule has 0 rings (SSSR count). The maximum absolute atomic E-state index is 11.6. The Bertz CT molecular complexity index is 637. The van der Waals surface area contributed by atoms with Crippen molar-refractivity contribution < 1.29 is 34.2 Å². The summed E-state index contributed by atoms with van der Waals surface area (Å²) >= 11 is 0. The number of hydrogen-bond donors (Lipinski definition) is 3. The average molecular weight is 555 g/mol. The maximum Gasteiger partial charge on any atom is 0.311 e. The van der Waals surface area contributed by atoms with Crippen LogP contribution in [0, 0.1) is 17.8 Å². The summed E-state index contributed by atoms with van der Waals surface area (Å²) < 4.78 is 0.223. The normalized spacial score (nSPS) is 15.6. The lowest BCUT2D eigenvalue weighted by atomic mass is 10.00. The van der Waals surface area contributed by atoms with E-state index in [1.165, 1.54) is 77.0 Å². The molecule has 0 aliphatic heterocycles. The van der Waals surface area contributed by atoms with Crippen molar-refractivity contribution >= 4 is 17.9 Å². The van der Waals surface area contributed by atoms with Gasteiger partial charge < -0.3 is 19.8 Å². The van der Waals surface area contributed by atoms with Crippen molar-refractivity contribution in [3.05, 3.63) is 12.2 Å². The van der Waals surface area contributed by atoms with Gasteiger partial charge in [-0.25, -0.2) is 0 Å². The zero-order valence-electron chi connectivity index (χ0n) is 25.5. The summed E-state index contributed by atoms with van der Waals surface area (Å²) in [6.45, 7) is 8.47. The number of nitrogens with zero attached hydrogens (tertiary/aromatic N) is 1. The van der Waals surface area contributed by atoms with Crippen LogP contribution in [0.4, 0.5) is 0 Å². The van der Waals surface area contributed by atoms with Gasteiger partial charge >= 0.3 is 17.9 Å². The minimum absolute atomic E-state index is 0.223. The van der Waals surface area contributed by atoms with Gasteiger partial charge in [0.1, 0.15) is 17.8 Å². The lowest BCUT2D eigenvalue weighted by molar-refractivity contribution is -0.934. The van der Waals surface area contributed by atoms with Crippen LogP contribution in [0.25, 0.3) is 0 Å². The molecule has 0 aromatic heterocycles. The Kier molecular flexibility index (Phi) is 21.8. The van der Waals surface area contributed by atoms with Crippen LogP contribution in [0.5, 0.6) is 0 Å². The third-order valence-electron chi connectivity index (χ3n) is 7.89. The minimum atomic E-state index is -0.934. The van der Waals surface area contributed by atoms with E-state index >= 15 is 0 Å². The summed E-state index contributed by atoms with van der Waals surface area (Å²) in [6.07, 6.45) is 24.2. The lowest BCUT2D eigenvalue weighted by Crippen LogP contribution is -2.57. The van der Waals surface area contributed by atoms with E-state index in [1.54, 1.807) is 20.8 Å². The molecule has 0 aromatic carbocycles. The molecule has 3 unspecified atom stereocenters. The maximum atomic E-state index is 11.6. The molecule has 0 amide bonds. The molecule has 0 aliphatic rings. The van der Waals surface area contributed by atoms with Crippen molar-refractivity contribution in [1.82, 2.24) is 0 Å². The summed E-state index contributed by atoms with van der Waals surface area (Å²) in [4.78, 5) is 34.8. The molecule has 0 heterocycles. The van der Waals surface area contributed by atoms with E-state index in [2.05, 4.69) is 19.1 Å². The number of allylic oxidation sites excluding steroid dienone is 2. The van der Waals surface area contributed by atoms with E-state index < -0.39 is 35.7 Å². The van der Waals surface area contributed by atoms with Gasteiger partial charge in [0, 0.05) is 0 Å². The Morgan fingerprint density at radius 1 is 0.538 bits per heavy atom. The summed E-state index contributed by atoms with van der Waals surface area (Å²) in [5.41, 5.74) is 0. The van der Waals surface area contributed by atoms with Crippen LogP contribution >= 0.6 is 0 Å². The van der Waals surface area contributed by atoms with Gasteiger partial charge in [0.05, 0.1) is 26.2 Å². The Hall–Kier alpha value is -1.89. The molecule has 7 nitrogen and oxygen atoms in total. The summed E-state index contributed by atoms with van der Waals surface area (Å²) in [5, 5.41) is 28.5. The standard InChI is InChI=1S/C32H59NO6/c1-5-6-7-8-9-10-11-12-13-14-15-16-17-18-19-20-21-22-23-33(24-27(2)30(34)35,25-28(3)31(36)37)26-29(4)32(38)39/h12-13,27-29H,5-11,14-26H2,1-4H3,(H2-,34,35,36,37,38,39)/p+1/b13-12+. The van der Waals surface area contributed by atoms with Crippen LogP contribution < -0.4 is 0 Å². The zero-order valence-corrected chi connectivity index (χ0v) is 25.5. The molecular formula is C32H60NO6+. The molecule has 228 valence electrons. The highest BCUT2D eigenvalue weighted by atomic mass is 16.4. The van der Waals surface area contributed by atoms with Gasteiger partial charge in [-0.15, -0.1) is 0 Å². The van der Waals surface area contributed by atoms with E-state index in [0.717, 1.165) is 25.7 Å². The highest BCUT2D eigenvalue weighted by molar-refractivity contribution is 5.70. The molecule has 0 saturated carbocycles. The fourth-order valence-corrected chi connectivity index (χ4v) is 5.52. The highest BCUT2D eigenvalue weighted by Crippen LogP contribution is 2.22. The largest absolute Gasteiger partial charge is 0.481 e. The zero-order chi connectivity index (χ0) is 29.5. The van der Waals surface area contributed by atoms with Crippen molar-refractivity contribution in [2.24, 2.45) is 17.8 Å². The molecule has 39 heavy (non-hydrogen) atoms. The third kappa shape index (κ3) is 19.8. The molecule has 0 radical (unpaired) electrons. The number of carboxylic acid groups (broad SMARTS) is 3. The average Bonchev–Trinajstić information content (AvgIpc) is 2.87. The van der Waals surface area contributed by atoms with Crippen LogP contribution in [0.1, 0.15) is 130 Å². The van der Waals surface area contributed by atoms with E-state index in [-0.39, 0.29) is 24.1 Å². The Balaban J connectivity index is 4.39. The Morgan fingerprint density at radius 2 is 0.846 bits per heavy atom. The summed E-state index contributed by atoms with van der Waals surface area (Å²) in [6, 6.07) is 0. The fraction of sp³-hybridized carbons (Fsp3) is 0.844. The van der Waals surface area contributed by atoms with Crippen LogP contribution in [0.2, 0.25) is 0 Å². The number of carboxylic acids is 3. The lowest BCUT2D eigenvalue weighted by Gasteiger charge is -2.42. The van der Waals surface area contributed by atoms with E-state index in [4.69, 9.17) is 0 Å². The second-order valence-corrected chi connectivity index (χ2v) is 12.0. The van der Waals surface area contributed by atoms with Crippen LogP contribution in [-0.2, 0) is 14.4 Å². The van der Waals surface area contributed by atoms with E-state index in [1.807, 2.05) is 0 Å². The Labute approximate surface area is 238 Å². The third-order valence-corrected chi connectivity index (χ3v) is 7.89. The van der Waals surface area contributed by atoms with Crippen molar-refractivity contribution in [3.8, 4) is 0 Å². The molecule has 0 aliphatic carbocycles. The fourth-order valence-electron chi connectivity index (χ4n) is 5.52. The molecule has 3 N–H and O–H groups in total. The van der Waals surface area contributed by atoms with Gasteiger partial charge in [0.2, 0.25) is 0 Å². The molecule has 0 saturated heterocycles. The smallest absolute Gasteiger partial charge is 0.311 e. The molecule has 7 heteroatoms. The monoisotopic (exact) mass is 554 g/mol. The quantitative estimate of drug-likeness (QED) is 0.0543. The summed E-state index contributed by atoms with van der Waals surface area (Å²) in [5.74, 6) is -4.81. The van der Waals surface area contributed by atoms with E-state index in [9.17, 15) is 29.7 Å². The van der Waals surface area contributed by atoms with Crippen molar-refractivity contribution in [1.29, 1.82) is 0 Å². The van der Waals surface area contributed by atoms with Crippen molar-refractivity contribution in [3.63, 3.8) is 0 Å². The van der Waals surface area contributed by atoms with E-state index in [0.29, 0.717) is 6.54 Å². The van der Waals surface area contributed by atoms with Gasteiger partial charge in [-0.05, 0) is 59.3 Å². The first-order valence-electron chi connectivity index (χ1n) is 15.7. The predicted molar refractivity (Wildman–Crippen MR) is 159 cm³/mol. The Morgan fingerprint density at radius 3 is 1.18 bits per heavy atom. The second-order valence-electron chi connectivity index (χ2n) is 12.0. The SMILES string of the molecule is CCCCCCCC/C=C/CCCCCCCCCC[N+](CC(C)C(=O)O)(CC(C)C(=O)O)CC(C)C(=O)O. The topological polar surface area (TPSA) is 112 Å². The van der Waals surface area contributed by atoms with Gasteiger partial charge in [-0.3, -0.25) is 14.4 Å². The number of aliphatic carboxylic acids is 3. The molecule has 0 spiro atoms. The van der Waals surface area contributed by atoms with Gasteiger partial charge in [0.25, 0.3) is 0 Å². The number of unbranched alkanes of at least 4 members (excludes halogenated alkanes) is 14. The number of quaternary nitrogens is 1. The predicted octanol–water partition coefficient (Wildman–Crippen LogP) is 7.78. The first kappa shape index (κ1) is 37.1. The molecule has 3 atom stereocenters. The number of carbonyl (C=O) groups is 3.